The second-order valence-electron chi connectivity index (χ2n) is 5.99. The van der Waals surface area contributed by atoms with Gasteiger partial charge in [-0.1, -0.05) is 19.3 Å². The van der Waals surface area contributed by atoms with Crippen molar-refractivity contribution in [1.82, 2.24) is 4.90 Å². The van der Waals surface area contributed by atoms with Gasteiger partial charge in [-0.25, -0.2) is 9.59 Å². The Hall–Kier alpha value is -1.99. The minimum absolute atomic E-state index is 0.0304. The zero-order valence-electron chi connectivity index (χ0n) is 13.7. The van der Waals surface area contributed by atoms with Gasteiger partial charge in [-0.3, -0.25) is 9.89 Å². The molecule has 1 fully saturated rings. The summed E-state index contributed by atoms with van der Waals surface area (Å²) < 4.78 is 5.28. The van der Waals surface area contributed by atoms with Crippen LogP contribution in [0.25, 0.3) is 0 Å². The smallest absolute Gasteiger partial charge is 0.410 e. The highest BCUT2D eigenvalue weighted by Crippen LogP contribution is 2.24. The minimum atomic E-state index is -1.06. The number of likely N-dealkylation sites (N-methyl/N-ethyl adjacent to an activating group) is 1. The van der Waals surface area contributed by atoms with Crippen LogP contribution in [0.2, 0.25) is 0 Å². The van der Waals surface area contributed by atoms with Crippen molar-refractivity contribution in [3.05, 3.63) is 0 Å². The van der Waals surface area contributed by atoms with Gasteiger partial charge in [-0.05, 0) is 31.6 Å². The van der Waals surface area contributed by atoms with Gasteiger partial charge >= 0.3 is 12.1 Å². The number of carboxylic acid groups (broad SMARTS) is 1. The molecule has 0 spiro atoms. The number of nitrogens with two attached hydrogens (primary N) is 2. The topological polar surface area (TPSA) is 131 Å². The van der Waals surface area contributed by atoms with Crippen molar-refractivity contribution in [3.63, 3.8) is 0 Å². The number of rotatable bonds is 8. The number of aliphatic imine (C=N–C) groups is 1. The lowest BCUT2D eigenvalue weighted by Crippen LogP contribution is -2.43. The first-order valence-corrected chi connectivity index (χ1v) is 8.09. The molecule has 1 aliphatic carbocycles. The number of hydrogen-bond donors (Lipinski definition) is 3. The number of aliphatic carboxylic acids is 1. The van der Waals surface area contributed by atoms with Gasteiger partial charge in [0.05, 0.1) is 6.61 Å². The molecule has 1 atom stereocenters. The maximum Gasteiger partial charge on any atom is 0.410 e. The van der Waals surface area contributed by atoms with Crippen LogP contribution in [0, 0.1) is 5.92 Å². The zero-order valence-corrected chi connectivity index (χ0v) is 13.7. The fourth-order valence-corrected chi connectivity index (χ4v) is 2.75. The van der Waals surface area contributed by atoms with Gasteiger partial charge in [0.2, 0.25) is 0 Å². The van der Waals surface area contributed by atoms with Crippen molar-refractivity contribution >= 4 is 18.0 Å². The van der Waals surface area contributed by atoms with Crippen LogP contribution in [-0.4, -0.2) is 54.3 Å². The number of guanidine groups is 1. The summed E-state index contributed by atoms with van der Waals surface area (Å²) in [5.41, 5.74) is 10.4. The number of hydrogen-bond acceptors (Lipinski definition) is 4. The Morgan fingerprint density at radius 2 is 1.96 bits per heavy atom. The van der Waals surface area contributed by atoms with Crippen molar-refractivity contribution in [2.45, 2.75) is 51.0 Å². The van der Waals surface area contributed by atoms with Crippen LogP contribution in [0.5, 0.6) is 0 Å². The van der Waals surface area contributed by atoms with Crippen LogP contribution in [-0.2, 0) is 9.53 Å². The fourth-order valence-electron chi connectivity index (χ4n) is 2.75. The normalized spacial score (nSPS) is 16.4. The van der Waals surface area contributed by atoms with Gasteiger partial charge in [0.25, 0.3) is 0 Å². The summed E-state index contributed by atoms with van der Waals surface area (Å²) in [5.74, 6) is -0.699. The Morgan fingerprint density at radius 3 is 2.52 bits per heavy atom. The van der Waals surface area contributed by atoms with Crippen LogP contribution >= 0.6 is 0 Å². The lowest BCUT2D eigenvalue weighted by atomic mass is 9.90. The van der Waals surface area contributed by atoms with E-state index in [2.05, 4.69) is 4.99 Å². The molecule has 132 valence electrons. The summed E-state index contributed by atoms with van der Waals surface area (Å²) in [6.45, 7) is 0.695. The van der Waals surface area contributed by atoms with E-state index in [1.165, 1.54) is 26.3 Å². The maximum atomic E-state index is 12.0. The molecular formula is C15H28N4O4. The van der Waals surface area contributed by atoms with Crippen LogP contribution < -0.4 is 11.5 Å². The van der Waals surface area contributed by atoms with E-state index in [1.54, 1.807) is 0 Å². The second-order valence-corrected chi connectivity index (χ2v) is 5.99. The summed E-state index contributed by atoms with van der Waals surface area (Å²) in [7, 11) is 1.45. The van der Waals surface area contributed by atoms with E-state index in [0.717, 1.165) is 17.7 Å². The Morgan fingerprint density at radius 1 is 1.30 bits per heavy atom. The van der Waals surface area contributed by atoms with Crippen molar-refractivity contribution in [1.29, 1.82) is 0 Å². The SMILES string of the molecule is CN(C(=O)OCC1CCCCC1)[C@H](CCCN=C(N)N)C(=O)O. The molecule has 0 saturated heterocycles. The number of amides is 1. The number of carboxylic acids is 1. The van der Waals surface area contributed by atoms with E-state index < -0.39 is 18.1 Å². The lowest BCUT2D eigenvalue weighted by molar-refractivity contribution is -0.142. The third-order valence-corrected chi connectivity index (χ3v) is 4.14. The summed E-state index contributed by atoms with van der Waals surface area (Å²) in [4.78, 5) is 28.3. The Labute approximate surface area is 136 Å². The van der Waals surface area contributed by atoms with E-state index >= 15 is 0 Å². The van der Waals surface area contributed by atoms with Crippen LogP contribution in [0.15, 0.2) is 4.99 Å². The van der Waals surface area contributed by atoms with E-state index in [0.29, 0.717) is 25.5 Å². The molecule has 8 heteroatoms. The summed E-state index contributed by atoms with van der Waals surface area (Å²) in [6.07, 6.45) is 5.85. The molecule has 0 heterocycles. The van der Waals surface area contributed by atoms with Crippen molar-refractivity contribution < 1.29 is 19.4 Å². The highest BCUT2D eigenvalue weighted by Gasteiger charge is 2.27. The van der Waals surface area contributed by atoms with E-state index in [9.17, 15) is 14.7 Å². The van der Waals surface area contributed by atoms with E-state index in [1.807, 2.05) is 0 Å². The predicted molar refractivity (Wildman–Crippen MR) is 87.0 cm³/mol. The minimum Gasteiger partial charge on any atom is -0.480 e. The molecule has 0 aromatic heterocycles. The third kappa shape index (κ3) is 7.21. The number of carbonyl (C=O) groups is 2. The quantitative estimate of drug-likeness (QED) is 0.348. The summed E-state index contributed by atoms with van der Waals surface area (Å²) in [6, 6.07) is -0.942. The van der Waals surface area contributed by atoms with E-state index in [-0.39, 0.29) is 12.4 Å². The second kappa shape index (κ2) is 9.91. The number of nitrogens with zero attached hydrogens (tertiary/aromatic N) is 2. The molecule has 1 amide bonds. The molecular weight excluding hydrogens is 300 g/mol. The molecule has 0 unspecified atom stereocenters. The Bertz CT molecular complexity index is 418. The molecule has 1 aliphatic rings. The largest absolute Gasteiger partial charge is 0.480 e. The fraction of sp³-hybridized carbons (Fsp3) is 0.800. The van der Waals surface area contributed by atoms with Gasteiger partial charge in [0.15, 0.2) is 5.96 Å². The molecule has 1 rings (SSSR count). The highest BCUT2D eigenvalue weighted by atomic mass is 16.6. The van der Waals surface area contributed by atoms with Gasteiger partial charge in [-0.15, -0.1) is 0 Å². The molecule has 5 N–H and O–H groups in total. The molecule has 1 saturated carbocycles. The summed E-state index contributed by atoms with van der Waals surface area (Å²) in [5, 5.41) is 9.28. The van der Waals surface area contributed by atoms with Crippen LogP contribution in [0.1, 0.15) is 44.9 Å². The van der Waals surface area contributed by atoms with Crippen LogP contribution in [0.3, 0.4) is 0 Å². The molecule has 0 aromatic rings. The Kier molecular flexibility index (Phi) is 8.21. The zero-order chi connectivity index (χ0) is 17.2. The first kappa shape index (κ1) is 19.1. The standard InChI is InChI=1S/C15H28N4O4/c1-19(12(13(20)21)8-5-9-18-14(16)17)15(22)23-10-11-6-3-2-4-7-11/h11-12H,2-10H2,1H3,(H,20,21)(H4,16,17,18)/t12-/m1/s1. The lowest BCUT2D eigenvalue weighted by Gasteiger charge is -2.26. The van der Waals surface area contributed by atoms with Gasteiger partial charge < -0.3 is 21.3 Å². The van der Waals surface area contributed by atoms with Gasteiger partial charge in [0.1, 0.15) is 6.04 Å². The molecule has 0 aromatic carbocycles. The van der Waals surface area contributed by atoms with Crippen LogP contribution in [0.4, 0.5) is 4.79 Å². The first-order valence-electron chi connectivity index (χ1n) is 8.09. The first-order chi connectivity index (χ1) is 10.9. The molecule has 23 heavy (non-hydrogen) atoms. The van der Waals surface area contributed by atoms with Crippen molar-refractivity contribution in [2.75, 3.05) is 20.2 Å². The highest BCUT2D eigenvalue weighted by molar-refractivity contribution is 5.79. The molecule has 0 bridgehead atoms. The monoisotopic (exact) mass is 328 g/mol. The predicted octanol–water partition coefficient (Wildman–Crippen LogP) is 1.14. The Balaban J connectivity index is 2.41. The number of ether oxygens (including phenoxy) is 1. The van der Waals surface area contributed by atoms with Gasteiger partial charge in [-0.2, -0.15) is 0 Å². The third-order valence-electron chi connectivity index (χ3n) is 4.14. The maximum absolute atomic E-state index is 12.0. The van der Waals surface area contributed by atoms with E-state index in [4.69, 9.17) is 16.2 Å². The number of carbonyl (C=O) groups excluding carboxylic acids is 1. The van der Waals surface area contributed by atoms with Gasteiger partial charge in [0, 0.05) is 13.6 Å². The molecule has 8 nitrogen and oxygen atoms in total. The molecule has 0 aliphatic heterocycles. The average Bonchev–Trinajstić information content (AvgIpc) is 2.52. The molecule has 0 radical (unpaired) electrons. The summed E-state index contributed by atoms with van der Waals surface area (Å²) >= 11 is 0. The van der Waals surface area contributed by atoms with Crippen molar-refractivity contribution in [2.24, 2.45) is 22.4 Å². The average molecular weight is 328 g/mol. The van der Waals surface area contributed by atoms with Crippen molar-refractivity contribution in [3.8, 4) is 0 Å².